The molecule has 0 aliphatic heterocycles. The lowest BCUT2D eigenvalue weighted by molar-refractivity contribution is 0.345. The van der Waals surface area contributed by atoms with Gasteiger partial charge in [-0.15, -0.1) is 0 Å². The highest BCUT2D eigenvalue weighted by atomic mass is 16.5. The summed E-state index contributed by atoms with van der Waals surface area (Å²) in [4.78, 5) is 4.50. The molecular formula is C16H23N3O. The first kappa shape index (κ1) is 14.7. The van der Waals surface area contributed by atoms with E-state index in [1.54, 1.807) is 0 Å². The van der Waals surface area contributed by atoms with Crippen LogP contribution in [0.4, 0.5) is 0 Å². The summed E-state index contributed by atoms with van der Waals surface area (Å²) in [5, 5.41) is 7.39. The normalized spacial score (nSPS) is 12.8. The Labute approximate surface area is 120 Å². The zero-order chi connectivity index (χ0) is 14.5. The largest absolute Gasteiger partial charge is 0.339 e. The van der Waals surface area contributed by atoms with Gasteiger partial charge in [-0.2, -0.15) is 4.98 Å². The van der Waals surface area contributed by atoms with Gasteiger partial charge >= 0.3 is 0 Å². The van der Waals surface area contributed by atoms with E-state index in [4.69, 9.17) is 4.52 Å². The van der Waals surface area contributed by atoms with Gasteiger partial charge in [-0.05, 0) is 32.4 Å². The van der Waals surface area contributed by atoms with E-state index in [1.807, 2.05) is 19.2 Å². The first-order valence-electron chi connectivity index (χ1n) is 7.15. The Morgan fingerprint density at radius 2 is 2.10 bits per heavy atom. The lowest BCUT2D eigenvalue weighted by Crippen LogP contribution is -2.29. The van der Waals surface area contributed by atoms with Crippen molar-refractivity contribution < 1.29 is 4.52 Å². The molecule has 1 aromatic heterocycles. The molecule has 0 saturated carbocycles. The van der Waals surface area contributed by atoms with Crippen molar-refractivity contribution in [1.82, 2.24) is 15.5 Å². The zero-order valence-electron chi connectivity index (χ0n) is 12.7. The van der Waals surface area contributed by atoms with Crippen molar-refractivity contribution in [3.63, 3.8) is 0 Å². The second kappa shape index (κ2) is 6.66. The second-order valence-electron chi connectivity index (χ2n) is 5.70. The molecule has 0 aliphatic rings. The molecule has 0 saturated heterocycles. The average Bonchev–Trinajstić information content (AvgIpc) is 2.86. The van der Waals surface area contributed by atoms with E-state index in [1.165, 1.54) is 5.56 Å². The first-order chi connectivity index (χ1) is 9.58. The van der Waals surface area contributed by atoms with Crippen LogP contribution in [-0.2, 0) is 6.42 Å². The third-order valence-corrected chi connectivity index (χ3v) is 3.33. The Hall–Kier alpha value is -1.68. The van der Waals surface area contributed by atoms with Crippen LogP contribution in [0.5, 0.6) is 0 Å². The molecule has 1 aromatic carbocycles. The lowest BCUT2D eigenvalue weighted by Gasteiger charge is -2.15. The van der Waals surface area contributed by atoms with Gasteiger partial charge in [-0.1, -0.05) is 42.8 Å². The van der Waals surface area contributed by atoms with Gasteiger partial charge < -0.3 is 9.84 Å². The van der Waals surface area contributed by atoms with Crippen molar-refractivity contribution in [1.29, 1.82) is 0 Å². The average molecular weight is 273 g/mol. The fraction of sp³-hybridized carbons (Fsp3) is 0.500. The number of nitrogens with one attached hydrogen (secondary N) is 1. The molecule has 0 amide bonds. The number of aromatic nitrogens is 2. The summed E-state index contributed by atoms with van der Waals surface area (Å²) in [5.74, 6) is 2.01. The SMILES string of the molecule is CNC(Cc1nc(-c2cccc(C)c2)no1)CC(C)C. The van der Waals surface area contributed by atoms with Crippen LogP contribution in [0.1, 0.15) is 31.7 Å². The standard InChI is InChI=1S/C16H23N3O/c1-11(2)8-14(17-4)10-15-18-16(19-20-15)13-7-5-6-12(3)9-13/h5-7,9,11,14,17H,8,10H2,1-4H3. The number of hydrogen-bond acceptors (Lipinski definition) is 4. The van der Waals surface area contributed by atoms with Gasteiger partial charge in [-0.25, -0.2) is 0 Å². The van der Waals surface area contributed by atoms with Crippen molar-refractivity contribution in [3.8, 4) is 11.4 Å². The summed E-state index contributed by atoms with van der Waals surface area (Å²) in [6.07, 6.45) is 1.87. The van der Waals surface area contributed by atoms with E-state index < -0.39 is 0 Å². The number of hydrogen-bond donors (Lipinski definition) is 1. The summed E-state index contributed by atoms with van der Waals surface area (Å²) in [7, 11) is 1.98. The van der Waals surface area contributed by atoms with Gasteiger partial charge in [0.05, 0.1) is 0 Å². The molecule has 0 fully saturated rings. The maximum absolute atomic E-state index is 5.37. The van der Waals surface area contributed by atoms with E-state index in [-0.39, 0.29) is 0 Å². The van der Waals surface area contributed by atoms with Gasteiger partial charge in [0.15, 0.2) is 0 Å². The number of likely N-dealkylation sites (N-methyl/N-ethyl adjacent to an activating group) is 1. The monoisotopic (exact) mass is 273 g/mol. The van der Waals surface area contributed by atoms with Crippen LogP contribution in [0.2, 0.25) is 0 Å². The molecule has 4 nitrogen and oxygen atoms in total. The Kier molecular flexibility index (Phi) is 4.90. The summed E-state index contributed by atoms with van der Waals surface area (Å²) in [6.45, 7) is 6.50. The van der Waals surface area contributed by atoms with Crippen LogP contribution in [0.15, 0.2) is 28.8 Å². The van der Waals surface area contributed by atoms with Crippen molar-refractivity contribution in [2.24, 2.45) is 5.92 Å². The van der Waals surface area contributed by atoms with Crippen molar-refractivity contribution in [3.05, 3.63) is 35.7 Å². The highest BCUT2D eigenvalue weighted by Crippen LogP contribution is 2.18. The predicted octanol–water partition coefficient (Wildman–Crippen LogP) is 3.22. The summed E-state index contributed by atoms with van der Waals surface area (Å²) in [5.41, 5.74) is 2.20. The van der Waals surface area contributed by atoms with E-state index in [9.17, 15) is 0 Å². The van der Waals surface area contributed by atoms with Gasteiger partial charge in [0.2, 0.25) is 11.7 Å². The molecule has 20 heavy (non-hydrogen) atoms. The van der Waals surface area contributed by atoms with E-state index in [2.05, 4.69) is 48.4 Å². The molecule has 0 spiro atoms. The van der Waals surface area contributed by atoms with Crippen LogP contribution >= 0.6 is 0 Å². The topological polar surface area (TPSA) is 51.0 Å². The minimum Gasteiger partial charge on any atom is -0.339 e. The highest BCUT2D eigenvalue weighted by molar-refractivity contribution is 5.55. The molecule has 2 rings (SSSR count). The Balaban J connectivity index is 2.09. The number of rotatable bonds is 6. The lowest BCUT2D eigenvalue weighted by atomic mass is 10.0. The van der Waals surface area contributed by atoms with Crippen molar-refractivity contribution >= 4 is 0 Å². The van der Waals surface area contributed by atoms with Crippen LogP contribution < -0.4 is 5.32 Å². The maximum atomic E-state index is 5.37. The van der Waals surface area contributed by atoms with Gasteiger partial charge in [-0.3, -0.25) is 0 Å². The van der Waals surface area contributed by atoms with Crippen LogP contribution in [-0.4, -0.2) is 23.2 Å². The minimum atomic E-state index is 0.376. The molecule has 0 bridgehead atoms. The molecule has 1 atom stereocenters. The molecule has 2 aromatic rings. The molecule has 1 N–H and O–H groups in total. The van der Waals surface area contributed by atoms with Gasteiger partial charge in [0.25, 0.3) is 0 Å². The molecule has 108 valence electrons. The van der Waals surface area contributed by atoms with E-state index in [0.29, 0.717) is 23.7 Å². The Bertz CT molecular complexity index is 548. The third-order valence-electron chi connectivity index (χ3n) is 3.33. The molecule has 0 aliphatic carbocycles. The number of aryl methyl sites for hydroxylation is 1. The molecule has 0 radical (unpaired) electrons. The van der Waals surface area contributed by atoms with Crippen LogP contribution in [0, 0.1) is 12.8 Å². The van der Waals surface area contributed by atoms with Crippen molar-refractivity contribution in [2.75, 3.05) is 7.05 Å². The minimum absolute atomic E-state index is 0.376. The van der Waals surface area contributed by atoms with Gasteiger partial charge in [0.1, 0.15) is 0 Å². The Morgan fingerprint density at radius 1 is 1.30 bits per heavy atom. The Morgan fingerprint density at radius 3 is 2.75 bits per heavy atom. The molecule has 4 heteroatoms. The van der Waals surface area contributed by atoms with E-state index in [0.717, 1.165) is 18.4 Å². The fourth-order valence-electron chi connectivity index (χ4n) is 2.32. The first-order valence-corrected chi connectivity index (χ1v) is 7.15. The number of nitrogens with zero attached hydrogens (tertiary/aromatic N) is 2. The second-order valence-corrected chi connectivity index (χ2v) is 5.70. The summed E-state index contributed by atoms with van der Waals surface area (Å²) >= 11 is 0. The summed E-state index contributed by atoms with van der Waals surface area (Å²) in [6, 6.07) is 8.52. The molecular weight excluding hydrogens is 250 g/mol. The van der Waals surface area contributed by atoms with E-state index >= 15 is 0 Å². The maximum Gasteiger partial charge on any atom is 0.228 e. The zero-order valence-corrected chi connectivity index (χ0v) is 12.7. The van der Waals surface area contributed by atoms with Crippen LogP contribution in [0.3, 0.4) is 0 Å². The highest BCUT2D eigenvalue weighted by Gasteiger charge is 2.15. The number of benzene rings is 1. The quantitative estimate of drug-likeness (QED) is 0.878. The fourth-order valence-corrected chi connectivity index (χ4v) is 2.32. The third kappa shape index (κ3) is 3.90. The molecule has 1 unspecified atom stereocenters. The van der Waals surface area contributed by atoms with Gasteiger partial charge in [0, 0.05) is 18.0 Å². The predicted molar refractivity (Wildman–Crippen MR) is 80.5 cm³/mol. The summed E-state index contributed by atoms with van der Waals surface area (Å²) < 4.78 is 5.37. The smallest absolute Gasteiger partial charge is 0.228 e. The molecule has 1 heterocycles. The van der Waals surface area contributed by atoms with Crippen molar-refractivity contribution in [2.45, 2.75) is 39.7 Å². The van der Waals surface area contributed by atoms with Crippen LogP contribution in [0.25, 0.3) is 11.4 Å².